The molecule has 0 aliphatic carbocycles. The standard InChI is InChI=1S/C24H31N5O2/c30-23(26-22-10-14-28(15-11-22)18-19-6-12-25-13-7-19)20-8-16-29(17-9-20)24(31)27-21-4-2-1-3-5-21/h1-7,12-13,20,22H,8-11,14-18H2,(H,26,30)(H,27,31). The van der Waals surface area contributed by atoms with E-state index in [1.807, 2.05) is 42.7 Å². The lowest BCUT2D eigenvalue weighted by Crippen LogP contribution is -2.49. The van der Waals surface area contributed by atoms with Gasteiger partial charge in [0.25, 0.3) is 0 Å². The smallest absolute Gasteiger partial charge is 0.321 e. The highest BCUT2D eigenvalue weighted by molar-refractivity contribution is 5.89. The van der Waals surface area contributed by atoms with E-state index in [1.54, 1.807) is 4.90 Å². The maximum absolute atomic E-state index is 12.8. The molecule has 2 aromatic rings. The number of likely N-dealkylation sites (tertiary alicyclic amines) is 2. The van der Waals surface area contributed by atoms with Gasteiger partial charge >= 0.3 is 6.03 Å². The Morgan fingerprint density at radius 1 is 0.903 bits per heavy atom. The molecule has 2 aliphatic heterocycles. The Morgan fingerprint density at radius 3 is 2.26 bits per heavy atom. The predicted octanol–water partition coefficient (Wildman–Crippen LogP) is 3.11. The molecule has 7 heteroatoms. The summed E-state index contributed by atoms with van der Waals surface area (Å²) in [4.78, 5) is 33.5. The van der Waals surface area contributed by atoms with Crippen molar-refractivity contribution in [1.29, 1.82) is 0 Å². The lowest BCUT2D eigenvalue weighted by Gasteiger charge is -2.35. The van der Waals surface area contributed by atoms with E-state index in [4.69, 9.17) is 0 Å². The molecule has 7 nitrogen and oxygen atoms in total. The van der Waals surface area contributed by atoms with Crippen molar-refractivity contribution >= 4 is 17.6 Å². The minimum Gasteiger partial charge on any atom is -0.353 e. The molecule has 3 amide bonds. The molecule has 31 heavy (non-hydrogen) atoms. The van der Waals surface area contributed by atoms with E-state index in [0.29, 0.717) is 13.1 Å². The highest BCUT2D eigenvalue weighted by Crippen LogP contribution is 2.20. The van der Waals surface area contributed by atoms with Crippen LogP contribution in [0.5, 0.6) is 0 Å². The molecule has 0 spiro atoms. The van der Waals surface area contributed by atoms with Crippen molar-refractivity contribution in [3.8, 4) is 0 Å². The lowest BCUT2D eigenvalue weighted by atomic mass is 9.95. The second-order valence-corrected chi connectivity index (χ2v) is 8.47. The summed E-state index contributed by atoms with van der Waals surface area (Å²) in [5.41, 5.74) is 2.07. The van der Waals surface area contributed by atoms with Gasteiger partial charge in [0.1, 0.15) is 0 Å². The number of para-hydroxylation sites is 1. The third-order valence-corrected chi connectivity index (χ3v) is 6.27. The molecule has 1 aromatic heterocycles. The third-order valence-electron chi connectivity index (χ3n) is 6.27. The number of hydrogen-bond donors (Lipinski definition) is 2. The number of piperidine rings is 2. The Balaban J connectivity index is 1.16. The number of nitrogens with zero attached hydrogens (tertiary/aromatic N) is 3. The SMILES string of the molecule is O=C(NC1CCN(Cc2ccncc2)CC1)C1CCN(C(=O)Nc2ccccc2)CC1. The average molecular weight is 422 g/mol. The van der Waals surface area contributed by atoms with Crippen LogP contribution in [0.3, 0.4) is 0 Å². The van der Waals surface area contributed by atoms with Gasteiger partial charge in [-0.15, -0.1) is 0 Å². The zero-order valence-corrected chi connectivity index (χ0v) is 17.9. The van der Waals surface area contributed by atoms with Gasteiger partial charge in [-0.3, -0.25) is 14.7 Å². The fourth-order valence-electron chi connectivity index (χ4n) is 4.37. The zero-order valence-electron chi connectivity index (χ0n) is 17.9. The Kier molecular flexibility index (Phi) is 7.14. The first kappa shape index (κ1) is 21.3. The first-order chi connectivity index (χ1) is 15.2. The van der Waals surface area contributed by atoms with Crippen LogP contribution in [-0.4, -0.2) is 58.9 Å². The van der Waals surface area contributed by atoms with Gasteiger partial charge in [-0.05, 0) is 55.5 Å². The number of carbonyl (C=O) groups excluding carboxylic acids is 2. The average Bonchev–Trinajstić information content (AvgIpc) is 2.82. The molecule has 2 aliphatic rings. The molecule has 0 atom stereocenters. The molecule has 4 rings (SSSR count). The fourth-order valence-corrected chi connectivity index (χ4v) is 4.37. The van der Waals surface area contributed by atoms with Crippen LogP contribution in [0.15, 0.2) is 54.9 Å². The Morgan fingerprint density at radius 2 is 1.58 bits per heavy atom. The molecule has 0 unspecified atom stereocenters. The van der Waals surface area contributed by atoms with Gasteiger partial charge in [-0.25, -0.2) is 4.79 Å². The number of amides is 3. The van der Waals surface area contributed by atoms with E-state index in [0.717, 1.165) is 51.0 Å². The van der Waals surface area contributed by atoms with Gasteiger partial charge in [-0.2, -0.15) is 0 Å². The monoisotopic (exact) mass is 421 g/mol. The summed E-state index contributed by atoms with van der Waals surface area (Å²) in [7, 11) is 0. The number of aromatic nitrogens is 1. The van der Waals surface area contributed by atoms with Gasteiger partial charge in [0.2, 0.25) is 5.91 Å². The number of urea groups is 1. The van der Waals surface area contributed by atoms with Crippen LogP contribution in [0.2, 0.25) is 0 Å². The molecule has 1 aromatic carbocycles. The summed E-state index contributed by atoms with van der Waals surface area (Å²) in [6.07, 6.45) is 7.06. The minimum atomic E-state index is -0.0911. The van der Waals surface area contributed by atoms with Crippen molar-refractivity contribution < 1.29 is 9.59 Å². The van der Waals surface area contributed by atoms with Crippen molar-refractivity contribution in [2.75, 3.05) is 31.5 Å². The van der Waals surface area contributed by atoms with Crippen molar-refractivity contribution in [3.05, 3.63) is 60.4 Å². The second-order valence-electron chi connectivity index (χ2n) is 8.47. The van der Waals surface area contributed by atoms with E-state index in [1.165, 1.54) is 5.56 Å². The van der Waals surface area contributed by atoms with E-state index in [2.05, 4.69) is 32.7 Å². The van der Waals surface area contributed by atoms with E-state index in [-0.39, 0.29) is 23.9 Å². The van der Waals surface area contributed by atoms with E-state index in [9.17, 15) is 9.59 Å². The number of carbonyl (C=O) groups is 2. The Labute approximate surface area is 183 Å². The number of anilines is 1. The zero-order chi connectivity index (χ0) is 21.5. The topological polar surface area (TPSA) is 77.6 Å². The quantitative estimate of drug-likeness (QED) is 0.778. The van der Waals surface area contributed by atoms with Crippen molar-refractivity contribution in [2.45, 2.75) is 38.3 Å². The molecular weight excluding hydrogens is 390 g/mol. The molecule has 2 N–H and O–H groups in total. The minimum absolute atomic E-state index is 0.00405. The largest absolute Gasteiger partial charge is 0.353 e. The summed E-state index contributed by atoms with van der Waals surface area (Å²) < 4.78 is 0. The van der Waals surface area contributed by atoms with Crippen LogP contribution in [0.25, 0.3) is 0 Å². The summed E-state index contributed by atoms with van der Waals surface area (Å²) in [5, 5.41) is 6.18. The van der Waals surface area contributed by atoms with Crippen LogP contribution in [0.4, 0.5) is 10.5 Å². The molecule has 164 valence electrons. The summed E-state index contributed by atoms with van der Waals surface area (Å²) in [6.45, 7) is 4.14. The number of hydrogen-bond acceptors (Lipinski definition) is 4. The van der Waals surface area contributed by atoms with Gasteiger partial charge in [0.15, 0.2) is 0 Å². The molecule has 0 radical (unpaired) electrons. The molecule has 0 saturated carbocycles. The number of nitrogens with one attached hydrogen (secondary N) is 2. The maximum atomic E-state index is 12.8. The maximum Gasteiger partial charge on any atom is 0.321 e. The number of benzene rings is 1. The van der Waals surface area contributed by atoms with Gasteiger partial charge in [0.05, 0.1) is 0 Å². The summed E-state index contributed by atoms with van der Waals surface area (Å²) in [5.74, 6) is 0.145. The van der Waals surface area contributed by atoms with Gasteiger partial charge in [0, 0.05) is 62.8 Å². The van der Waals surface area contributed by atoms with E-state index < -0.39 is 0 Å². The molecule has 3 heterocycles. The van der Waals surface area contributed by atoms with Crippen LogP contribution >= 0.6 is 0 Å². The third kappa shape index (κ3) is 6.04. The summed E-state index contributed by atoms with van der Waals surface area (Å²) >= 11 is 0. The van der Waals surface area contributed by atoms with Crippen molar-refractivity contribution in [3.63, 3.8) is 0 Å². The molecular formula is C24H31N5O2. The molecule has 2 saturated heterocycles. The second kappa shape index (κ2) is 10.4. The van der Waals surface area contributed by atoms with Crippen LogP contribution in [0, 0.1) is 5.92 Å². The predicted molar refractivity (Wildman–Crippen MR) is 120 cm³/mol. The molecule has 0 bridgehead atoms. The molecule has 2 fully saturated rings. The highest BCUT2D eigenvalue weighted by Gasteiger charge is 2.29. The van der Waals surface area contributed by atoms with Crippen LogP contribution in [0.1, 0.15) is 31.2 Å². The van der Waals surface area contributed by atoms with Crippen molar-refractivity contribution in [1.82, 2.24) is 20.1 Å². The Bertz CT molecular complexity index is 845. The first-order valence-corrected chi connectivity index (χ1v) is 11.2. The van der Waals surface area contributed by atoms with Crippen LogP contribution < -0.4 is 10.6 Å². The van der Waals surface area contributed by atoms with Crippen LogP contribution in [-0.2, 0) is 11.3 Å². The number of pyridine rings is 1. The van der Waals surface area contributed by atoms with Crippen molar-refractivity contribution in [2.24, 2.45) is 5.92 Å². The fraction of sp³-hybridized carbons (Fsp3) is 0.458. The normalized spacial score (nSPS) is 18.5. The summed E-state index contributed by atoms with van der Waals surface area (Å²) in [6, 6.07) is 13.7. The number of rotatable bonds is 5. The van der Waals surface area contributed by atoms with Gasteiger partial charge < -0.3 is 15.5 Å². The lowest BCUT2D eigenvalue weighted by molar-refractivity contribution is -0.127. The Hall–Kier alpha value is -2.93. The van der Waals surface area contributed by atoms with E-state index >= 15 is 0 Å². The highest BCUT2D eigenvalue weighted by atomic mass is 16.2. The van der Waals surface area contributed by atoms with Gasteiger partial charge in [-0.1, -0.05) is 18.2 Å². The first-order valence-electron chi connectivity index (χ1n) is 11.2.